The highest BCUT2D eigenvalue weighted by molar-refractivity contribution is 5.52. The van der Waals surface area contributed by atoms with E-state index in [9.17, 15) is 0 Å². The number of hydrogen-bond acceptors (Lipinski definition) is 3. The predicted octanol–water partition coefficient (Wildman–Crippen LogP) is 1.46. The third-order valence-corrected chi connectivity index (χ3v) is 3.35. The highest BCUT2D eigenvalue weighted by atomic mass is 16.3. The Morgan fingerprint density at radius 1 is 1.29 bits per heavy atom. The third-order valence-electron chi connectivity index (χ3n) is 3.35. The summed E-state index contributed by atoms with van der Waals surface area (Å²) in [6, 6.07) is 7.09. The minimum atomic E-state index is 0.258. The van der Waals surface area contributed by atoms with Crippen molar-refractivity contribution in [3.63, 3.8) is 0 Å². The minimum absolute atomic E-state index is 0.258. The molecule has 0 aliphatic carbocycles. The summed E-state index contributed by atoms with van der Waals surface area (Å²) in [6.07, 6.45) is 0.833. The molecule has 0 bridgehead atoms. The van der Waals surface area contributed by atoms with Gasteiger partial charge in [-0.05, 0) is 43.5 Å². The zero-order valence-corrected chi connectivity index (χ0v) is 10.7. The number of aryl methyl sites for hydroxylation is 2. The first-order valence-corrected chi connectivity index (χ1v) is 6.37. The molecule has 2 N–H and O–H groups in total. The lowest BCUT2D eigenvalue weighted by molar-refractivity contribution is 0.266. The van der Waals surface area contributed by atoms with Gasteiger partial charge in [0, 0.05) is 38.0 Å². The van der Waals surface area contributed by atoms with Crippen molar-refractivity contribution in [1.29, 1.82) is 0 Å². The number of benzene rings is 1. The first kappa shape index (κ1) is 12.4. The Morgan fingerprint density at radius 2 is 2.00 bits per heavy atom. The van der Waals surface area contributed by atoms with Crippen molar-refractivity contribution in [2.24, 2.45) is 0 Å². The van der Waals surface area contributed by atoms with Gasteiger partial charge >= 0.3 is 0 Å². The number of rotatable bonds is 3. The Morgan fingerprint density at radius 3 is 2.65 bits per heavy atom. The fraction of sp³-hybridized carbons (Fsp3) is 0.571. The van der Waals surface area contributed by atoms with Gasteiger partial charge in [0.05, 0.1) is 0 Å². The number of hydrogen-bond donors (Lipinski definition) is 2. The molecule has 1 atom stereocenters. The number of anilines is 1. The van der Waals surface area contributed by atoms with E-state index in [1.165, 1.54) is 16.8 Å². The smallest absolute Gasteiger partial charge is 0.0451 e. The molecule has 3 nitrogen and oxygen atoms in total. The van der Waals surface area contributed by atoms with Gasteiger partial charge in [-0.15, -0.1) is 0 Å². The molecule has 1 fully saturated rings. The molecule has 1 unspecified atom stereocenters. The summed E-state index contributed by atoms with van der Waals surface area (Å²) in [5.41, 5.74) is 3.91. The molecule has 0 radical (unpaired) electrons. The van der Waals surface area contributed by atoms with Crippen LogP contribution in [0.15, 0.2) is 18.2 Å². The van der Waals surface area contributed by atoms with Crippen LogP contribution in [0.3, 0.4) is 0 Å². The Hall–Kier alpha value is -1.06. The van der Waals surface area contributed by atoms with E-state index < -0.39 is 0 Å². The van der Waals surface area contributed by atoms with Crippen LogP contribution >= 0.6 is 0 Å². The Labute approximate surface area is 103 Å². The van der Waals surface area contributed by atoms with Gasteiger partial charge < -0.3 is 15.3 Å². The van der Waals surface area contributed by atoms with Crippen molar-refractivity contribution < 1.29 is 5.11 Å². The predicted molar refractivity (Wildman–Crippen MR) is 71.6 cm³/mol. The lowest BCUT2D eigenvalue weighted by Crippen LogP contribution is -2.51. The molecule has 17 heavy (non-hydrogen) atoms. The molecule has 1 aromatic rings. The number of aliphatic hydroxyl groups excluding tert-OH is 1. The van der Waals surface area contributed by atoms with Gasteiger partial charge in [-0.2, -0.15) is 0 Å². The number of nitrogens with zero attached hydrogens (tertiary/aromatic N) is 1. The second-order valence-corrected chi connectivity index (χ2v) is 4.91. The van der Waals surface area contributed by atoms with Gasteiger partial charge in [-0.1, -0.05) is 6.07 Å². The van der Waals surface area contributed by atoms with Gasteiger partial charge in [0.15, 0.2) is 0 Å². The van der Waals surface area contributed by atoms with Gasteiger partial charge in [0.1, 0.15) is 0 Å². The molecule has 1 heterocycles. The van der Waals surface area contributed by atoms with Crippen LogP contribution in [0.4, 0.5) is 5.69 Å². The van der Waals surface area contributed by atoms with Crippen LogP contribution < -0.4 is 10.2 Å². The quantitative estimate of drug-likeness (QED) is 0.831. The molecular weight excluding hydrogens is 212 g/mol. The van der Waals surface area contributed by atoms with Gasteiger partial charge in [0.25, 0.3) is 0 Å². The fourth-order valence-electron chi connectivity index (χ4n) is 2.62. The zero-order chi connectivity index (χ0) is 12.3. The molecule has 0 aromatic heterocycles. The molecule has 2 rings (SSSR count). The van der Waals surface area contributed by atoms with Crippen molar-refractivity contribution in [2.75, 3.05) is 31.1 Å². The number of piperazine rings is 1. The van der Waals surface area contributed by atoms with Crippen LogP contribution in [-0.2, 0) is 0 Å². The fourth-order valence-corrected chi connectivity index (χ4v) is 2.62. The molecule has 3 heteroatoms. The van der Waals surface area contributed by atoms with E-state index in [2.05, 4.69) is 42.3 Å². The average Bonchev–Trinajstić information content (AvgIpc) is 2.29. The Bertz CT molecular complexity index is 356. The Kier molecular flexibility index (Phi) is 4.02. The highest BCUT2D eigenvalue weighted by Crippen LogP contribution is 2.22. The van der Waals surface area contributed by atoms with Crippen molar-refractivity contribution in [3.05, 3.63) is 29.3 Å². The van der Waals surface area contributed by atoms with Gasteiger partial charge in [-0.3, -0.25) is 0 Å². The van der Waals surface area contributed by atoms with Crippen LogP contribution in [0.1, 0.15) is 17.5 Å². The molecule has 0 spiro atoms. The van der Waals surface area contributed by atoms with E-state index in [-0.39, 0.29) is 6.61 Å². The van der Waals surface area contributed by atoms with Crippen molar-refractivity contribution >= 4 is 5.69 Å². The maximum Gasteiger partial charge on any atom is 0.0451 e. The molecule has 0 amide bonds. The molecule has 1 aromatic carbocycles. The summed E-state index contributed by atoms with van der Waals surface area (Å²) in [5, 5.41) is 12.5. The molecule has 94 valence electrons. The zero-order valence-electron chi connectivity index (χ0n) is 10.7. The summed E-state index contributed by atoms with van der Waals surface area (Å²) in [4.78, 5) is 2.42. The maximum absolute atomic E-state index is 9.14. The molecule has 1 aliphatic rings. The molecular formula is C14H22N2O. The van der Waals surface area contributed by atoms with Crippen molar-refractivity contribution in [3.8, 4) is 0 Å². The minimum Gasteiger partial charge on any atom is -0.396 e. The first-order valence-electron chi connectivity index (χ1n) is 6.37. The number of nitrogens with one attached hydrogen (secondary N) is 1. The topological polar surface area (TPSA) is 35.5 Å². The lowest BCUT2D eigenvalue weighted by Gasteiger charge is -2.38. The summed E-state index contributed by atoms with van der Waals surface area (Å²) in [7, 11) is 0. The van der Waals surface area contributed by atoms with Crippen molar-refractivity contribution in [1.82, 2.24) is 5.32 Å². The van der Waals surface area contributed by atoms with E-state index in [1.54, 1.807) is 0 Å². The maximum atomic E-state index is 9.14. The standard InChI is InChI=1S/C14H22N2O/c1-11-7-12(2)9-14(8-11)16-5-4-15-10-13(16)3-6-17/h7-9,13,15,17H,3-6,10H2,1-2H3. The SMILES string of the molecule is Cc1cc(C)cc(N2CCNCC2CCO)c1. The largest absolute Gasteiger partial charge is 0.396 e. The van der Waals surface area contributed by atoms with E-state index >= 15 is 0 Å². The van der Waals surface area contributed by atoms with Crippen LogP contribution in [0.2, 0.25) is 0 Å². The van der Waals surface area contributed by atoms with Gasteiger partial charge in [0.2, 0.25) is 0 Å². The van der Waals surface area contributed by atoms with Gasteiger partial charge in [-0.25, -0.2) is 0 Å². The van der Waals surface area contributed by atoms with Crippen LogP contribution in [0.25, 0.3) is 0 Å². The highest BCUT2D eigenvalue weighted by Gasteiger charge is 2.21. The van der Waals surface area contributed by atoms with E-state index in [1.807, 2.05) is 0 Å². The summed E-state index contributed by atoms with van der Waals surface area (Å²) < 4.78 is 0. The lowest BCUT2D eigenvalue weighted by atomic mass is 10.1. The normalized spacial score (nSPS) is 20.6. The van der Waals surface area contributed by atoms with E-state index in [4.69, 9.17) is 5.11 Å². The second-order valence-electron chi connectivity index (χ2n) is 4.91. The van der Waals surface area contributed by atoms with E-state index in [0.29, 0.717) is 6.04 Å². The Balaban J connectivity index is 2.22. The van der Waals surface area contributed by atoms with Crippen molar-refractivity contribution in [2.45, 2.75) is 26.3 Å². The second kappa shape index (κ2) is 5.52. The number of aliphatic hydroxyl groups is 1. The molecule has 1 aliphatic heterocycles. The summed E-state index contributed by atoms with van der Waals surface area (Å²) in [5.74, 6) is 0. The van der Waals surface area contributed by atoms with E-state index in [0.717, 1.165) is 26.1 Å². The first-order chi connectivity index (χ1) is 8.20. The summed E-state index contributed by atoms with van der Waals surface area (Å²) >= 11 is 0. The molecule has 1 saturated heterocycles. The average molecular weight is 234 g/mol. The monoisotopic (exact) mass is 234 g/mol. The van der Waals surface area contributed by atoms with Crippen LogP contribution in [0, 0.1) is 13.8 Å². The van der Waals surface area contributed by atoms with Crippen LogP contribution in [-0.4, -0.2) is 37.4 Å². The summed E-state index contributed by atoms with van der Waals surface area (Å²) in [6.45, 7) is 7.54. The molecule has 0 saturated carbocycles. The third kappa shape index (κ3) is 2.99. The van der Waals surface area contributed by atoms with Crippen LogP contribution in [0.5, 0.6) is 0 Å².